The molecular formula is C12H13F3N4O. The maximum absolute atomic E-state index is 12.4. The summed E-state index contributed by atoms with van der Waals surface area (Å²) >= 11 is 0. The summed E-state index contributed by atoms with van der Waals surface area (Å²) in [6.07, 6.45) is -0.674. The SMILES string of the molecule is Nc1ccc(=O)n(CCCn2cc(C(F)(F)F)cn2)c1. The summed E-state index contributed by atoms with van der Waals surface area (Å²) in [5, 5.41) is 3.64. The standard InChI is InChI=1S/C12H13F3N4O/c13-12(14,15)9-6-17-19(7-9)5-1-4-18-8-10(16)2-3-11(18)20/h2-3,6-8H,1,4-5,16H2. The van der Waals surface area contributed by atoms with Gasteiger partial charge in [0.25, 0.3) is 5.56 Å². The molecule has 20 heavy (non-hydrogen) atoms. The molecule has 0 unspecified atom stereocenters. The summed E-state index contributed by atoms with van der Waals surface area (Å²) < 4.78 is 39.7. The molecule has 0 radical (unpaired) electrons. The van der Waals surface area contributed by atoms with E-state index in [0.29, 0.717) is 18.7 Å². The van der Waals surface area contributed by atoms with Crippen molar-refractivity contribution in [2.75, 3.05) is 5.73 Å². The summed E-state index contributed by atoms with van der Waals surface area (Å²) in [5.74, 6) is 0. The number of pyridine rings is 1. The highest BCUT2D eigenvalue weighted by Crippen LogP contribution is 2.28. The van der Waals surface area contributed by atoms with Crippen LogP contribution < -0.4 is 11.3 Å². The molecule has 0 saturated heterocycles. The van der Waals surface area contributed by atoms with Crippen molar-refractivity contribution in [3.8, 4) is 0 Å². The van der Waals surface area contributed by atoms with Gasteiger partial charge in [0.2, 0.25) is 0 Å². The Kier molecular flexibility index (Phi) is 3.82. The molecule has 0 aliphatic rings. The average Bonchev–Trinajstić information content (AvgIpc) is 2.82. The van der Waals surface area contributed by atoms with E-state index in [0.717, 1.165) is 12.4 Å². The molecule has 0 aliphatic heterocycles. The van der Waals surface area contributed by atoms with Gasteiger partial charge in [-0.25, -0.2) is 0 Å². The van der Waals surface area contributed by atoms with Crippen LogP contribution in [0.5, 0.6) is 0 Å². The third-order valence-electron chi connectivity index (χ3n) is 2.75. The summed E-state index contributed by atoms with van der Waals surface area (Å²) in [6, 6.07) is 2.85. The minimum atomic E-state index is -4.39. The summed E-state index contributed by atoms with van der Waals surface area (Å²) in [6.45, 7) is 0.655. The number of aryl methyl sites for hydroxylation is 2. The minimum Gasteiger partial charge on any atom is -0.398 e. The monoisotopic (exact) mass is 286 g/mol. The summed E-state index contributed by atoms with van der Waals surface area (Å²) in [5.41, 5.74) is 5.04. The Morgan fingerprint density at radius 2 is 1.95 bits per heavy atom. The Hall–Kier alpha value is -2.25. The highest BCUT2D eigenvalue weighted by Gasteiger charge is 2.32. The van der Waals surface area contributed by atoms with Crippen molar-refractivity contribution in [3.63, 3.8) is 0 Å². The van der Waals surface area contributed by atoms with Crippen molar-refractivity contribution in [1.82, 2.24) is 14.3 Å². The Bertz CT molecular complexity index is 645. The lowest BCUT2D eigenvalue weighted by atomic mass is 10.3. The molecule has 0 fully saturated rings. The average molecular weight is 286 g/mol. The van der Waals surface area contributed by atoms with Gasteiger partial charge in [0.1, 0.15) is 0 Å². The van der Waals surface area contributed by atoms with E-state index in [9.17, 15) is 18.0 Å². The van der Waals surface area contributed by atoms with E-state index >= 15 is 0 Å². The van der Waals surface area contributed by atoms with E-state index in [1.165, 1.54) is 27.6 Å². The van der Waals surface area contributed by atoms with Crippen LogP contribution in [0.2, 0.25) is 0 Å². The number of nitrogen functional groups attached to an aromatic ring is 1. The Morgan fingerprint density at radius 1 is 1.20 bits per heavy atom. The zero-order chi connectivity index (χ0) is 14.8. The maximum atomic E-state index is 12.4. The second-order valence-corrected chi connectivity index (χ2v) is 4.34. The number of rotatable bonds is 4. The molecular weight excluding hydrogens is 273 g/mol. The number of nitrogens with two attached hydrogens (primary N) is 1. The van der Waals surface area contributed by atoms with Crippen LogP contribution in [0, 0.1) is 0 Å². The molecule has 0 spiro atoms. The molecule has 5 nitrogen and oxygen atoms in total. The first kappa shape index (κ1) is 14.2. The first-order valence-electron chi connectivity index (χ1n) is 5.92. The largest absolute Gasteiger partial charge is 0.419 e. The van der Waals surface area contributed by atoms with Crippen molar-refractivity contribution in [1.29, 1.82) is 0 Å². The summed E-state index contributed by atoms with van der Waals surface area (Å²) in [4.78, 5) is 11.5. The number of hydrogen-bond donors (Lipinski definition) is 1. The van der Waals surface area contributed by atoms with Gasteiger partial charge in [-0.1, -0.05) is 0 Å². The number of anilines is 1. The van der Waals surface area contributed by atoms with E-state index in [2.05, 4.69) is 5.10 Å². The number of nitrogens with zero attached hydrogens (tertiary/aromatic N) is 3. The van der Waals surface area contributed by atoms with Gasteiger partial charge in [-0.15, -0.1) is 0 Å². The second-order valence-electron chi connectivity index (χ2n) is 4.34. The first-order chi connectivity index (χ1) is 9.36. The van der Waals surface area contributed by atoms with Gasteiger partial charge in [-0.2, -0.15) is 18.3 Å². The molecule has 0 bridgehead atoms. The van der Waals surface area contributed by atoms with Crippen molar-refractivity contribution >= 4 is 5.69 Å². The van der Waals surface area contributed by atoms with Gasteiger partial charge in [-0.05, 0) is 12.5 Å². The zero-order valence-corrected chi connectivity index (χ0v) is 10.5. The molecule has 8 heteroatoms. The van der Waals surface area contributed by atoms with Crippen LogP contribution in [-0.4, -0.2) is 14.3 Å². The quantitative estimate of drug-likeness (QED) is 0.931. The minimum absolute atomic E-state index is 0.198. The van der Waals surface area contributed by atoms with Crippen LogP contribution in [-0.2, 0) is 19.3 Å². The van der Waals surface area contributed by atoms with Gasteiger partial charge in [-0.3, -0.25) is 9.48 Å². The zero-order valence-electron chi connectivity index (χ0n) is 10.5. The molecule has 2 heterocycles. The first-order valence-corrected chi connectivity index (χ1v) is 5.92. The predicted molar refractivity (Wildman–Crippen MR) is 67.0 cm³/mol. The second kappa shape index (κ2) is 5.40. The molecule has 108 valence electrons. The van der Waals surface area contributed by atoms with E-state index in [4.69, 9.17) is 5.73 Å². The lowest BCUT2D eigenvalue weighted by Gasteiger charge is -2.06. The number of halogens is 3. The van der Waals surface area contributed by atoms with E-state index in [1.807, 2.05) is 0 Å². The topological polar surface area (TPSA) is 65.8 Å². The Balaban J connectivity index is 1.95. The van der Waals surface area contributed by atoms with Crippen molar-refractivity contribution in [2.24, 2.45) is 0 Å². The van der Waals surface area contributed by atoms with Crippen molar-refractivity contribution < 1.29 is 13.2 Å². The third-order valence-corrected chi connectivity index (χ3v) is 2.75. The van der Waals surface area contributed by atoms with Crippen molar-refractivity contribution in [2.45, 2.75) is 25.7 Å². The maximum Gasteiger partial charge on any atom is 0.419 e. The third kappa shape index (κ3) is 3.40. The van der Waals surface area contributed by atoms with Crippen LogP contribution in [0.25, 0.3) is 0 Å². The molecule has 0 aliphatic carbocycles. The van der Waals surface area contributed by atoms with Crippen molar-refractivity contribution in [3.05, 3.63) is 46.6 Å². The Morgan fingerprint density at radius 3 is 2.60 bits per heavy atom. The van der Waals surface area contributed by atoms with Gasteiger partial charge < -0.3 is 10.3 Å². The fourth-order valence-corrected chi connectivity index (χ4v) is 1.76. The highest BCUT2D eigenvalue weighted by atomic mass is 19.4. The number of hydrogen-bond acceptors (Lipinski definition) is 3. The molecule has 0 saturated carbocycles. The molecule has 2 N–H and O–H groups in total. The molecule has 2 rings (SSSR count). The molecule has 0 amide bonds. The molecule has 2 aromatic heterocycles. The fourth-order valence-electron chi connectivity index (χ4n) is 1.76. The lowest BCUT2D eigenvalue weighted by molar-refractivity contribution is -0.137. The smallest absolute Gasteiger partial charge is 0.398 e. The van der Waals surface area contributed by atoms with E-state index in [-0.39, 0.29) is 12.1 Å². The number of alkyl halides is 3. The molecule has 0 aromatic carbocycles. The molecule has 0 atom stereocenters. The van der Waals surface area contributed by atoms with E-state index in [1.54, 1.807) is 0 Å². The van der Waals surface area contributed by atoms with Gasteiger partial charge in [0.15, 0.2) is 0 Å². The van der Waals surface area contributed by atoms with Gasteiger partial charge in [0.05, 0.1) is 11.8 Å². The number of aromatic nitrogens is 3. The van der Waals surface area contributed by atoms with Crippen LogP contribution >= 0.6 is 0 Å². The van der Waals surface area contributed by atoms with Crippen LogP contribution in [0.4, 0.5) is 18.9 Å². The van der Waals surface area contributed by atoms with Crippen LogP contribution in [0.3, 0.4) is 0 Å². The van der Waals surface area contributed by atoms with Gasteiger partial charge in [0, 0.05) is 37.2 Å². The summed E-state index contributed by atoms with van der Waals surface area (Å²) in [7, 11) is 0. The normalized spacial score (nSPS) is 11.8. The lowest BCUT2D eigenvalue weighted by Crippen LogP contribution is -2.19. The molecule has 2 aromatic rings. The highest BCUT2D eigenvalue weighted by molar-refractivity contribution is 5.33. The van der Waals surface area contributed by atoms with Crippen LogP contribution in [0.15, 0.2) is 35.5 Å². The predicted octanol–water partition coefficient (Wildman–Crippen LogP) is 1.74. The van der Waals surface area contributed by atoms with Gasteiger partial charge >= 0.3 is 6.18 Å². The fraction of sp³-hybridized carbons (Fsp3) is 0.333. The van der Waals surface area contributed by atoms with E-state index < -0.39 is 11.7 Å². The van der Waals surface area contributed by atoms with Crippen LogP contribution in [0.1, 0.15) is 12.0 Å². The Labute approximate surface area is 112 Å².